The van der Waals surface area contributed by atoms with Gasteiger partial charge in [0.1, 0.15) is 10.8 Å². The topological polar surface area (TPSA) is 69.7 Å². The first-order valence-electron chi connectivity index (χ1n) is 9.69. The Morgan fingerprint density at radius 3 is 2.80 bits per heavy atom. The molecule has 0 atom stereocenters. The fraction of sp³-hybridized carbons (Fsp3) is 0.273. The number of amides is 1. The van der Waals surface area contributed by atoms with Gasteiger partial charge in [-0.25, -0.2) is 4.98 Å². The SMILES string of the molecule is CCOc1ccccc1-c1nc(CC(=O)Nc2cc3c(cc2Cl)OCCCO3)cs1. The average molecular weight is 445 g/mol. The zero-order valence-electron chi connectivity index (χ0n) is 16.4. The molecule has 1 aliphatic rings. The van der Waals surface area contributed by atoms with E-state index < -0.39 is 0 Å². The van der Waals surface area contributed by atoms with Gasteiger partial charge < -0.3 is 19.5 Å². The van der Waals surface area contributed by atoms with E-state index in [1.807, 2.05) is 36.6 Å². The summed E-state index contributed by atoms with van der Waals surface area (Å²) in [5.74, 6) is 1.74. The van der Waals surface area contributed by atoms with Gasteiger partial charge in [-0.1, -0.05) is 23.7 Å². The zero-order chi connectivity index (χ0) is 20.9. The van der Waals surface area contributed by atoms with Crippen LogP contribution in [0.2, 0.25) is 5.02 Å². The summed E-state index contributed by atoms with van der Waals surface area (Å²) in [6.45, 7) is 3.66. The number of benzene rings is 2. The molecule has 3 aromatic rings. The number of halogens is 1. The second kappa shape index (κ2) is 9.36. The standard InChI is InChI=1S/C22H21ClN2O4S/c1-2-27-18-7-4-3-6-15(18)22-24-14(13-30-22)10-21(26)25-17-12-20-19(11-16(17)23)28-8-5-9-29-20/h3-4,6-7,11-13H,2,5,8-10H2,1H3,(H,25,26). The number of para-hydroxylation sites is 1. The van der Waals surface area contributed by atoms with Crippen LogP contribution in [0.15, 0.2) is 41.8 Å². The van der Waals surface area contributed by atoms with Crippen molar-refractivity contribution in [1.29, 1.82) is 0 Å². The summed E-state index contributed by atoms with van der Waals surface area (Å²) in [7, 11) is 0. The minimum atomic E-state index is -0.207. The fourth-order valence-corrected chi connectivity index (χ4v) is 4.13. The molecule has 0 unspecified atom stereocenters. The number of hydrogen-bond acceptors (Lipinski definition) is 6. The van der Waals surface area contributed by atoms with Crippen LogP contribution >= 0.6 is 22.9 Å². The smallest absolute Gasteiger partial charge is 0.230 e. The molecule has 4 rings (SSSR count). The fourth-order valence-electron chi connectivity index (χ4n) is 3.08. The number of aromatic nitrogens is 1. The minimum Gasteiger partial charge on any atom is -0.493 e. The van der Waals surface area contributed by atoms with Crippen LogP contribution in [0, 0.1) is 0 Å². The van der Waals surface area contributed by atoms with Crippen molar-refractivity contribution < 1.29 is 19.0 Å². The van der Waals surface area contributed by atoms with Gasteiger partial charge in [-0.05, 0) is 19.1 Å². The van der Waals surface area contributed by atoms with Gasteiger partial charge in [-0.15, -0.1) is 11.3 Å². The molecule has 0 spiro atoms. The predicted molar refractivity (Wildman–Crippen MR) is 118 cm³/mol. The number of nitrogens with zero attached hydrogens (tertiary/aromatic N) is 1. The molecule has 1 N–H and O–H groups in total. The van der Waals surface area contributed by atoms with Crippen molar-refractivity contribution in [2.24, 2.45) is 0 Å². The number of rotatable bonds is 6. The van der Waals surface area contributed by atoms with Crippen molar-refractivity contribution >= 4 is 34.5 Å². The summed E-state index contributed by atoms with van der Waals surface area (Å²) >= 11 is 7.80. The summed E-state index contributed by atoms with van der Waals surface area (Å²) in [4.78, 5) is 17.2. The maximum atomic E-state index is 12.6. The third-order valence-electron chi connectivity index (χ3n) is 4.42. The Balaban J connectivity index is 1.46. The maximum Gasteiger partial charge on any atom is 0.230 e. The monoisotopic (exact) mass is 444 g/mol. The van der Waals surface area contributed by atoms with E-state index in [1.165, 1.54) is 11.3 Å². The van der Waals surface area contributed by atoms with Gasteiger partial charge in [-0.2, -0.15) is 0 Å². The molecule has 0 radical (unpaired) electrons. The Kier molecular flexibility index (Phi) is 6.40. The molecule has 8 heteroatoms. The molecule has 2 aromatic carbocycles. The van der Waals surface area contributed by atoms with E-state index in [9.17, 15) is 4.79 Å². The number of anilines is 1. The number of hydrogen-bond donors (Lipinski definition) is 1. The number of carbonyl (C=O) groups excluding carboxylic acids is 1. The third-order valence-corrected chi connectivity index (χ3v) is 5.66. The molecule has 2 heterocycles. The van der Waals surface area contributed by atoms with Crippen LogP contribution in [0.4, 0.5) is 5.69 Å². The van der Waals surface area contributed by atoms with Crippen molar-refractivity contribution in [1.82, 2.24) is 4.98 Å². The van der Waals surface area contributed by atoms with E-state index in [1.54, 1.807) is 12.1 Å². The number of carbonyl (C=O) groups is 1. The molecule has 0 aliphatic carbocycles. The first-order valence-corrected chi connectivity index (χ1v) is 11.0. The molecule has 1 amide bonds. The Bertz CT molecular complexity index is 1050. The van der Waals surface area contributed by atoms with Crippen LogP contribution in [-0.2, 0) is 11.2 Å². The Morgan fingerprint density at radius 2 is 2.00 bits per heavy atom. The summed E-state index contributed by atoms with van der Waals surface area (Å²) in [6, 6.07) is 11.1. The van der Waals surface area contributed by atoms with Crippen LogP contribution in [0.1, 0.15) is 19.0 Å². The number of nitrogens with one attached hydrogen (secondary N) is 1. The van der Waals surface area contributed by atoms with E-state index in [2.05, 4.69) is 10.3 Å². The lowest BCUT2D eigenvalue weighted by molar-refractivity contribution is -0.115. The average Bonchev–Trinajstić information content (AvgIpc) is 3.07. The summed E-state index contributed by atoms with van der Waals surface area (Å²) < 4.78 is 17.0. The largest absolute Gasteiger partial charge is 0.493 e. The normalized spacial score (nSPS) is 12.9. The Labute approximate surface area is 183 Å². The van der Waals surface area contributed by atoms with Gasteiger partial charge in [0.2, 0.25) is 5.91 Å². The van der Waals surface area contributed by atoms with Gasteiger partial charge in [0, 0.05) is 23.9 Å². The summed E-state index contributed by atoms with van der Waals surface area (Å²) in [6.07, 6.45) is 0.935. The van der Waals surface area contributed by atoms with Crippen LogP contribution in [0.25, 0.3) is 10.6 Å². The quantitative estimate of drug-likeness (QED) is 0.565. The van der Waals surface area contributed by atoms with Gasteiger partial charge in [0.15, 0.2) is 11.5 Å². The van der Waals surface area contributed by atoms with Crippen molar-refractivity contribution in [3.63, 3.8) is 0 Å². The second-order valence-corrected chi connectivity index (χ2v) is 7.89. The van der Waals surface area contributed by atoms with Gasteiger partial charge >= 0.3 is 0 Å². The second-order valence-electron chi connectivity index (χ2n) is 6.63. The zero-order valence-corrected chi connectivity index (χ0v) is 18.0. The predicted octanol–water partition coefficient (Wildman–Crippen LogP) is 5.20. The number of thiazole rings is 1. The van der Waals surface area contributed by atoms with Crippen molar-refractivity contribution in [2.75, 3.05) is 25.1 Å². The number of ether oxygens (including phenoxy) is 3. The lowest BCUT2D eigenvalue weighted by Crippen LogP contribution is -2.15. The molecule has 1 aliphatic heterocycles. The van der Waals surface area contributed by atoms with Crippen LogP contribution < -0.4 is 19.5 Å². The highest BCUT2D eigenvalue weighted by atomic mass is 35.5. The number of fused-ring (bicyclic) bond motifs is 1. The third kappa shape index (κ3) is 4.68. The van der Waals surface area contributed by atoms with Crippen molar-refractivity contribution in [2.45, 2.75) is 19.8 Å². The Hall–Kier alpha value is -2.77. The van der Waals surface area contributed by atoms with Gasteiger partial charge in [0.05, 0.1) is 48.2 Å². The van der Waals surface area contributed by atoms with Crippen LogP contribution in [0.3, 0.4) is 0 Å². The highest BCUT2D eigenvalue weighted by Crippen LogP contribution is 2.38. The highest BCUT2D eigenvalue weighted by Gasteiger charge is 2.17. The molecule has 0 fully saturated rings. The van der Waals surface area contributed by atoms with E-state index in [-0.39, 0.29) is 12.3 Å². The molecule has 0 saturated carbocycles. The maximum absolute atomic E-state index is 12.6. The van der Waals surface area contributed by atoms with Crippen LogP contribution in [0.5, 0.6) is 17.2 Å². The summed E-state index contributed by atoms with van der Waals surface area (Å²) in [5, 5.41) is 5.94. The van der Waals surface area contributed by atoms with E-state index >= 15 is 0 Å². The lowest BCUT2D eigenvalue weighted by Gasteiger charge is -2.12. The molecular formula is C22H21ClN2O4S. The minimum absolute atomic E-state index is 0.137. The van der Waals surface area contributed by atoms with E-state index in [0.717, 1.165) is 22.7 Å². The Morgan fingerprint density at radius 1 is 1.23 bits per heavy atom. The molecule has 30 heavy (non-hydrogen) atoms. The summed E-state index contributed by atoms with van der Waals surface area (Å²) in [5.41, 5.74) is 2.09. The van der Waals surface area contributed by atoms with Crippen molar-refractivity contribution in [3.05, 3.63) is 52.5 Å². The lowest BCUT2D eigenvalue weighted by atomic mass is 10.2. The molecule has 1 aromatic heterocycles. The van der Waals surface area contributed by atoms with E-state index in [4.69, 9.17) is 25.8 Å². The van der Waals surface area contributed by atoms with Gasteiger partial charge in [0.25, 0.3) is 0 Å². The molecule has 6 nitrogen and oxygen atoms in total. The van der Waals surface area contributed by atoms with E-state index in [0.29, 0.717) is 47.7 Å². The molecule has 0 bridgehead atoms. The first kappa shape index (κ1) is 20.5. The van der Waals surface area contributed by atoms with Crippen molar-refractivity contribution in [3.8, 4) is 27.8 Å². The first-order chi connectivity index (χ1) is 14.6. The molecule has 0 saturated heterocycles. The molecular weight excluding hydrogens is 424 g/mol. The molecule has 156 valence electrons. The van der Waals surface area contributed by atoms with Gasteiger partial charge in [-0.3, -0.25) is 4.79 Å². The van der Waals surface area contributed by atoms with Crippen LogP contribution in [-0.4, -0.2) is 30.7 Å². The highest BCUT2D eigenvalue weighted by molar-refractivity contribution is 7.13.